The van der Waals surface area contributed by atoms with Crippen LogP contribution in [-0.4, -0.2) is 5.78 Å². The maximum absolute atomic E-state index is 12.2. The molecule has 2 heteroatoms. The number of rotatable bonds is 4. The smallest absolute Gasteiger partial charge is 0.185 e. The molecule has 0 atom stereocenters. The van der Waals surface area contributed by atoms with E-state index >= 15 is 0 Å². The van der Waals surface area contributed by atoms with Gasteiger partial charge in [0.05, 0.1) is 0 Å². The molecule has 0 unspecified atom stereocenters. The Kier molecular flexibility index (Phi) is 5.29. The molecule has 0 aliphatic heterocycles. The van der Waals surface area contributed by atoms with Crippen molar-refractivity contribution in [1.82, 2.24) is 0 Å². The fraction of sp³-hybridized carbons (Fsp3) is 0.105. The van der Waals surface area contributed by atoms with Crippen LogP contribution in [0, 0.1) is 6.92 Å². The molecule has 0 fully saturated rings. The average Bonchev–Trinajstić information content (AvgIpc) is 2.48. The SMILES string of the molecule is C/C(Br)=C(/C=C/C(=O)c1ccc(C)cc1)c1ccccc1. The first-order chi connectivity index (χ1) is 10.1. The van der Waals surface area contributed by atoms with Gasteiger partial charge in [-0.3, -0.25) is 4.79 Å². The monoisotopic (exact) mass is 340 g/mol. The molecule has 0 amide bonds. The molecule has 0 spiro atoms. The van der Waals surface area contributed by atoms with E-state index in [4.69, 9.17) is 0 Å². The first-order valence-electron chi connectivity index (χ1n) is 6.79. The minimum Gasteiger partial charge on any atom is -0.289 e. The summed E-state index contributed by atoms with van der Waals surface area (Å²) >= 11 is 3.51. The third-order valence-electron chi connectivity index (χ3n) is 3.19. The molecule has 2 aromatic carbocycles. The number of hydrogen-bond acceptors (Lipinski definition) is 1. The Labute approximate surface area is 134 Å². The molecule has 0 bridgehead atoms. The summed E-state index contributed by atoms with van der Waals surface area (Å²) in [6.07, 6.45) is 3.49. The minimum absolute atomic E-state index is 0.0113. The summed E-state index contributed by atoms with van der Waals surface area (Å²) in [5, 5.41) is 0. The molecule has 0 aliphatic rings. The summed E-state index contributed by atoms with van der Waals surface area (Å²) in [5.41, 5.74) is 3.95. The van der Waals surface area contributed by atoms with E-state index in [1.54, 1.807) is 6.08 Å². The topological polar surface area (TPSA) is 17.1 Å². The van der Waals surface area contributed by atoms with Crippen LogP contribution in [0.1, 0.15) is 28.4 Å². The Hall–Kier alpha value is -1.93. The van der Waals surface area contributed by atoms with E-state index in [0.717, 1.165) is 21.2 Å². The van der Waals surface area contributed by atoms with Gasteiger partial charge in [0.2, 0.25) is 0 Å². The highest BCUT2D eigenvalue weighted by molar-refractivity contribution is 9.11. The molecule has 0 saturated carbocycles. The van der Waals surface area contributed by atoms with Crippen LogP contribution in [0.15, 0.2) is 71.2 Å². The maximum atomic E-state index is 12.2. The normalized spacial score (nSPS) is 12.3. The van der Waals surface area contributed by atoms with Crippen molar-refractivity contribution >= 4 is 27.3 Å². The predicted molar refractivity (Wildman–Crippen MR) is 92.6 cm³/mol. The molecular weight excluding hydrogens is 324 g/mol. The zero-order valence-electron chi connectivity index (χ0n) is 12.1. The summed E-state index contributed by atoms with van der Waals surface area (Å²) in [5.74, 6) is 0.0113. The van der Waals surface area contributed by atoms with Crippen molar-refractivity contribution in [3.05, 3.63) is 87.9 Å². The highest BCUT2D eigenvalue weighted by atomic mass is 79.9. The number of hydrogen-bond donors (Lipinski definition) is 0. The number of ketones is 1. The zero-order valence-corrected chi connectivity index (χ0v) is 13.7. The van der Waals surface area contributed by atoms with Crippen LogP contribution in [0.25, 0.3) is 5.57 Å². The van der Waals surface area contributed by atoms with E-state index in [9.17, 15) is 4.79 Å². The predicted octanol–water partition coefficient (Wildman–Crippen LogP) is 5.56. The second kappa shape index (κ2) is 7.19. The van der Waals surface area contributed by atoms with Crippen molar-refractivity contribution in [1.29, 1.82) is 0 Å². The highest BCUT2D eigenvalue weighted by Gasteiger charge is 2.04. The van der Waals surface area contributed by atoms with E-state index < -0.39 is 0 Å². The van der Waals surface area contributed by atoms with Gasteiger partial charge < -0.3 is 0 Å². The van der Waals surface area contributed by atoms with E-state index in [1.165, 1.54) is 0 Å². The lowest BCUT2D eigenvalue weighted by Gasteiger charge is -2.04. The summed E-state index contributed by atoms with van der Waals surface area (Å²) in [6, 6.07) is 17.6. The number of halogens is 1. The van der Waals surface area contributed by atoms with Gasteiger partial charge in [-0.25, -0.2) is 0 Å². The van der Waals surface area contributed by atoms with Gasteiger partial charge >= 0.3 is 0 Å². The summed E-state index contributed by atoms with van der Waals surface area (Å²) in [4.78, 5) is 12.2. The van der Waals surface area contributed by atoms with Gasteiger partial charge in [-0.05, 0) is 41.6 Å². The van der Waals surface area contributed by atoms with Gasteiger partial charge in [-0.1, -0.05) is 76.1 Å². The van der Waals surface area contributed by atoms with Crippen molar-refractivity contribution < 1.29 is 4.79 Å². The van der Waals surface area contributed by atoms with Crippen molar-refractivity contribution in [2.45, 2.75) is 13.8 Å². The van der Waals surface area contributed by atoms with Gasteiger partial charge in [0.15, 0.2) is 5.78 Å². The molecule has 1 nitrogen and oxygen atoms in total. The molecule has 0 N–H and O–H groups in total. The molecule has 0 saturated heterocycles. The van der Waals surface area contributed by atoms with Gasteiger partial charge in [0.1, 0.15) is 0 Å². The Morgan fingerprint density at radius 2 is 1.52 bits per heavy atom. The van der Waals surface area contributed by atoms with Crippen molar-refractivity contribution in [2.75, 3.05) is 0 Å². The van der Waals surface area contributed by atoms with Gasteiger partial charge in [0, 0.05) is 5.56 Å². The first kappa shape index (κ1) is 15.5. The van der Waals surface area contributed by atoms with Crippen LogP contribution < -0.4 is 0 Å². The molecule has 0 aliphatic carbocycles. The van der Waals surface area contributed by atoms with Crippen molar-refractivity contribution in [3.63, 3.8) is 0 Å². The van der Waals surface area contributed by atoms with Crippen molar-refractivity contribution in [3.8, 4) is 0 Å². The van der Waals surface area contributed by atoms with E-state index in [2.05, 4.69) is 15.9 Å². The van der Waals surface area contributed by atoms with Gasteiger partial charge in [-0.2, -0.15) is 0 Å². The van der Waals surface area contributed by atoms with Crippen LogP contribution in [0.3, 0.4) is 0 Å². The standard InChI is InChI=1S/C19H17BrO/c1-14-8-10-17(11-9-14)19(21)13-12-18(15(2)20)16-6-4-3-5-7-16/h3-13H,1-2H3/b13-12+,18-15+. The van der Waals surface area contributed by atoms with E-state index in [-0.39, 0.29) is 5.78 Å². The van der Waals surface area contributed by atoms with Crippen LogP contribution >= 0.6 is 15.9 Å². The lowest BCUT2D eigenvalue weighted by atomic mass is 10.0. The maximum Gasteiger partial charge on any atom is 0.185 e. The summed E-state index contributed by atoms with van der Waals surface area (Å²) in [7, 11) is 0. The number of carbonyl (C=O) groups is 1. The van der Waals surface area contributed by atoms with Crippen LogP contribution in [0.2, 0.25) is 0 Å². The second-order valence-electron chi connectivity index (χ2n) is 4.88. The lowest BCUT2D eigenvalue weighted by Crippen LogP contribution is -1.94. The molecular formula is C19H17BrO. The fourth-order valence-electron chi connectivity index (χ4n) is 2.00. The quantitative estimate of drug-likeness (QED) is 0.404. The number of benzene rings is 2. The minimum atomic E-state index is 0.0113. The van der Waals surface area contributed by atoms with Gasteiger partial charge in [-0.15, -0.1) is 0 Å². The number of carbonyl (C=O) groups excluding carboxylic acids is 1. The summed E-state index contributed by atoms with van der Waals surface area (Å²) < 4.78 is 1.00. The Balaban J connectivity index is 2.24. The molecule has 0 aromatic heterocycles. The van der Waals surface area contributed by atoms with Crippen LogP contribution in [0.4, 0.5) is 0 Å². The zero-order chi connectivity index (χ0) is 15.2. The molecule has 2 aromatic rings. The van der Waals surface area contributed by atoms with Crippen LogP contribution in [0.5, 0.6) is 0 Å². The molecule has 21 heavy (non-hydrogen) atoms. The number of aryl methyl sites for hydroxylation is 1. The highest BCUT2D eigenvalue weighted by Crippen LogP contribution is 2.23. The Morgan fingerprint density at radius 1 is 0.905 bits per heavy atom. The third-order valence-corrected chi connectivity index (χ3v) is 3.62. The molecule has 0 heterocycles. The Morgan fingerprint density at radius 3 is 2.10 bits per heavy atom. The first-order valence-corrected chi connectivity index (χ1v) is 7.58. The van der Waals surface area contributed by atoms with Crippen LogP contribution in [-0.2, 0) is 0 Å². The fourth-order valence-corrected chi connectivity index (χ4v) is 2.36. The third kappa shape index (κ3) is 4.27. The average molecular weight is 341 g/mol. The van der Waals surface area contributed by atoms with Crippen molar-refractivity contribution in [2.24, 2.45) is 0 Å². The Bertz CT molecular complexity index is 675. The van der Waals surface area contributed by atoms with Gasteiger partial charge in [0.25, 0.3) is 0 Å². The second-order valence-corrected chi connectivity index (χ2v) is 6.07. The summed E-state index contributed by atoms with van der Waals surface area (Å²) in [6.45, 7) is 3.98. The number of allylic oxidation sites excluding steroid dienone is 4. The largest absolute Gasteiger partial charge is 0.289 e. The van der Waals surface area contributed by atoms with E-state index in [1.807, 2.05) is 74.5 Å². The lowest BCUT2D eigenvalue weighted by molar-refractivity contribution is 0.104. The molecule has 0 radical (unpaired) electrons. The molecule has 106 valence electrons. The molecule has 2 rings (SSSR count). The van der Waals surface area contributed by atoms with E-state index in [0.29, 0.717) is 5.56 Å².